The van der Waals surface area contributed by atoms with Crippen molar-refractivity contribution in [2.75, 3.05) is 26.5 Å². The number of methoxy groups -OCH3 is 2. The number of quaternary nitrogens is 1. The van der Waals surface area contributed by atoms with Gasteiger partial charge in [0.2, 0.25) is 0 Å². The molecule has 4 N–H and O–H groups in total. The fourth-order valence-corrected chi connectivity index (χ4v) is 3.27. The highest BCUT2D eigenvalue weighted by Gasteiger charge is 2.28. The lowest BCUT2D eigenvalue weighted by Gasteiger charge is -2.26. The first kappa shape index (κ1) is 15.0. The molecule has 1 aliphatic heterocycles. The van der Waals surface area contributed by atoms with Gasteiger partial charge in [-0.25, -0.2) is 0 Å². The number of anilines is 1. The molecule has 5 heteroatoms. The third-order valence-electron chi connectivity index (χ3n) is 4.18. The fraction of sp³-hybridized carbons (Fsp3) is 0.294. The number of benzene rings is 2. The van der Waals surface area contributed by atoms with E-state index in [9.17, 15) is 0 Å². The summed E-state index contributed by atoms with van der Waals surface area (Å²) in [7, 11) is 3.31. The van der Waals surface area contributed by atoms with Crippen molar-refractivity contribution in [3.63, 3.8) is 0 Å². The fourth-order valence-electron chi connectivity index (χ4n) is 3.08. The van der Waals surface area contributed by atoms with Gasteiger partial charge in [-0.05, 0) is 35.9 Å². The molecule has 1 heterocycles. The van der Waals surface area contributed by atoms with Crippen molar-refractivity contribution in [2.24, 2.45) is 0 Å². The molecule has 1 aliphatic rings. The topological polar surface area (TPSA) is 61.1 Å². The molecule has 0 aromatic heterocycles. The van der Waals surface area contributed by atoms with Gasteiger partial charge in [0.15, 0.2) is 11.5 Å². The number of rotatable bonds is 3. The van der Waals surface area contributed by atoms with Crippen LogP contribution in [0.25, 0.3) is 0 Å². The molecular weight excluding hydrogens is 300 g/mol. The second-order valence-corrected chi connectivity index (χ2v) is 5.87. The molecule has 0 fully saturated rings. The largest absolute Gasteiger partial charge is 0.493 e. The van der Waals surface area contributed by atoms with Gasteiger partial charge in [0.1, 0.15) is 6.04 Å². The van der Waals surface area contributed by atoms with E-state index < -0.39 is 0 Å². The summed E-state index contributed by atoms with van der Waals surface area (Å²) in [4.78, 5) is 0. The standard InChI is InChI=1S/C17H19ClN2O2/c1-21-15-7-10-5-6-20-17(12(10)9-16(15)22-2)13-8-11(18)3-4-14(13)19/h3-4,7-9,17,20H,5-6,19H2,1-2H3/p+1/t17-/m1/s1. The van der Waals surface area contributed by atoms with Crippen LogP contribution in [0.2, 0.25) is 5.02 Å². The summed E-state index contributed by atoms with van der Waals surface area (Å²) in [6.45, 7) is 0.999. The molecule has 0 saturated heterocycles. The summed E-state index contributed by atoms with van der Waals surface area (Å²) in [6.07, 6.45) is 0.993. The van der Waals surface area contributed by atoms with E-state index in [1.165, 1.54) is 11.1 Å². The Bertz CT molecular complexity index is 703. The molecule has 3 rings (SSSR count). The SMILES string of the molecule is COc1cc2c(cc1OC)[C@H](c1cc(Cl)ccc1N)[NH2+]CC2. The summed E-state index contributed by atoms with van der Waals surface area (Å²) >= 11 is 6.16. The van der Waals surface area contributed by atoms with Gasteiger partial charge < -0.3 is 20.5 Å². The first-order valence-corrected chi connectivity index (χ1v) is 7.65. The van der Waals surface area contributed by atoms with Crippen LogP contribution >= 0.6 is 11.6 Å². The Balaban J connectivity index is 2.13. The van der Waals surface area contributed by atoms with E-state index in [1.807, 2.05) is 18.2 Å². The van der Waals surface area contributed by atoms with Crippen LogP contribution in [0.1, 0.15) is 22.7 Å². The molecule has 4 nitrogen and oxygen atoms in total. The molecule has 22 heavy (non-hydrogen) atoms. The third kappa shape index (κ3) is 2.60. The molecule has 0 bridgehead atoms. The Morgan fingerprint density at radius 3 is 2.55 bits per heavy atom. The van der Waals surface area contributed by atoms with Crippen LogP contribution in [-0.4, -0.2) is 20.8 Å². The molecule has 2 aromatic carbocycles. The second kappa shape index (κ2) is 6.07. The van der Waals surface area contributed by atoms with Gasteiger partial charge in [0.25, 0.3) is 0 Å². The van der Waals surface area contributed by atoms with Crippen LogP contribution in [0.15, 0.2) is 30.3 Å². The molecule has 0 spiro atoms. The first-order chi connectivity index (χ1) is 10.6. The smallest absolute Gasteiger partial charge is 0.161 e. The Labute approximate surface area is 135 Å². The Morgan fingerprint density at radius 2 is 1.82 bits per heavy atom. The minimum Gasteiger partial charge on any atom is -0.493 e. The quantitative estimate of drug-likeness (QED) is 0.852. The lowest BCUT2D eigenvalue weighted by atomic mass is 9.88. The van der Waals surface area contributed by atoms with Crippen molar-refractivity contribution in [3.05, 3.63) is 52.0 Å². The molecule has 116 valence electrons. The molecule has 0 aliphatic carbocycles. The van der Waals surface area contributed by atoms with Crippen LogP contribution < -0.4 is 20.5 Å². The Hall–Kier alpha value is -1.91. The van der Waals surface area contributed by atoms with E-state index in [2.05, 4.69) is 17.4 Å². The average Bonchev–Trinajstić information content (AvgIpc) is 2.55. The third-order valence-corrected chi connectivity index (χ3v) is 4.42. The van der Waals surface area contributed by atoms with Gasteiger partial charge >= 0.3 is 0 Å². The maximum absolute atomic E-state index is 6.17. The number of fused-ring (bicyclic) bond motifs is 1. The molecular formula is C17H20ClN2O2+. The zero-order valence-electron chi connectivity index (χ0n) is 12.7. The van der Waals surface area contributed by atoms with E-state index >= 15 is 0 Å². The Kier molecular flexibility index (Phi) is 4.14. The number of nitrogens with two attached hydrogens (primary N) is 2. The predicted octanol–water partition coefficient (Wildman–Crippen LogP) is 2.15. The van der Waals surface area contributed by atoms with Gasteiger partial charge in [-0.2, -0.15) is 0 Å². The normalized spacial score (nSPS) is 17.0. The molecule has 0 unspecified atom stereocenters. The molecule has 1 atom stereocenters. The zero-order chi connectivity index (χ0) is 15.7. The van der Waals surface area contributed by atoms with Crippen molar-refractivity contribution in [3.8, 4) is 11.5 Å². The van der Waals surface area contributed by atoms with Crippen LogP contribution in [0, 0.1) is 0 Å². The van der Waals surface area contributed by atoms with Crippen LogP contribution in [0.4, 0.5) is 5.69 Å². The van der Waals surface area contributed by atoms with Crippen LogP contribution in [-0.2, 0) is 6.42 Å². The monoisotopic (exact) mass is 319 g/mol. The number of halogens is 1. The highest BCUT2D eigenvalue weighted by molar-refractivity contribution is 6.30. The lowest BCUT2D eigenvalue weighted by Crippen LogP contribution is -2.87. The van der Waals surface area contributed by atoms with E-state index in [1.54, 1.807) is 14.2 Å². The minimum absolute atomic E-state index is 0.127. The zero-order valence-corrected chi connectivity index (χ0v) is 13.5. The minimum atomic E-state index is 0.127. The first-order valence-electron chi connectivity index (χ1n) is 7.27. The average molecular weight is 320 g/mol. The van der Waals surface area contributed by atoms with Crippen LogP contribution in [0.3, 0.4) is 0 Å². The van der Waals surface area contributed by atoms with Crippen LogP contribution in [0.5, 0.6) is 11.5 Å². The number of nitrogen functional groups attached to an aromatic ring is 1. The summed E-state index contributed by atoms with van der Waals surface area (Å²) < 4.78 is 10.8. The van der Waals surface area contributed by atoms with Gasteiger partial charge in [0.05, 0.1) is 20.8 Å². The van der Waals surface area contributed by atoms with Crippen molar-refractivity contribution in [1.29, 1.82) is 0 Å². The second-order valence-electron chi connectivity index (χ2n) is 5.43. The number of hydrogen-bond acceptors (Lipinski definition) is 3. The summed E-state index contributed by atoms with van der Waals surface area (Å²) in [5, 5.41) is 2.99. The maximum atomic E-state index is 6.17. The molecule has 0 saturated carbocycles. The Morgan fingerprint density at radius 1 is 1.09 bits per heavy atom. The van der Waals surface area contributed by atoms with E-state index in [0.717, 1.165) is 35.7 Å². The molecule has 2 aromatic rings. The summed E-state index contributed by atoms with van der Waals surface area (Å²) in [5.74, 6) is 1.50. The van der Waals surface area contributed by atoms with Gasteiger partial charge in [0, 0.05) is 28.3 Å². The van der Waals surface area contributed by atoms with Crippen molar-refractivity contribution < 1.29 is 14.8 Å². The van der Waals surface area contributed by atoms with Gasteiger partial charge in [-0.1, -0.05) is 11.6 Å². The summed E-state index contributed by atoms with van der Waals surface area (Å²) in [5.41, 5.74) is 10.4. The highest BCUT2D eigenvalue weighted by Crippen LogP contribution is 2.37. The van der Waals surface area contributed by atoms with E-state index in [4.69, 9.17) is 26.8 Å². The lowest BCUT2D eigenvalue weighted by molar-refractivity contribution is -0.689. The number of ether oxygens (including phenoxy) is 2. The summed E-state index contributed by atoms with van der Waals surface area (Å²) in [6, 6.07) is 9.87. The van der Waals surface area contributed by atoms with Gasteiger partial charge in [-0.15, -0.1) is 0 Å². The number of hydrogen-bond donors (Lipinski definition) is 2. The maximum Gasteiger partial charge on any atom is 0.161 e. The predicted molar refractivity (Wildman–Crippen MR) is 87.7 cm³/mol. The van der Waals surface area contributed by atoms with Crippen molar-refractivity contribution in [2.45, 2.75) is 12.5 Å². The highest BCUT2D eigenvalue weighted by atomic mass is 35.5. The molecule has 0 radical (unpaired) electrons. The molecule has 0 amide bonds. The van der Waals surface area contributed by atoms with Crippen molar-refractivity contribution in [1.82, 2.24) is 0 Å². The van der Waals surface area contributed by atoms with E-state index in [0.29, 0.717) is 5.02 Å². The van der Waals surface area contributed by atoms with Crippen molar-refractivity contribution >= 4 is 17.3 Å². The van der Waals surface area contributed by atoms with Gasteiger partial charge in [-0.3, -0.25) is 0 Å². The van der Waals surface area contributed by atoms with E-state index in [-0.39, 0.29) is 6.04 Å².